The maximum atomic E-state index is 13.0. The average Bonchev–Trinajstić information content (AvgIpc) is 2.92. The highest BCUT2D eigenvalue weighted by molar-refractivity contribution is 6.25. The van der Waals surface area contributed by atoms with E-state index in [1.807, 2.05) is 72.8 Å². The molecule has 8 nitrogen and oxygen atoms in total. The normalized spacial score (nSPS) is 13.2. The van der Waals surface area contributed by atoms with Crippen LogP contribution < -0.4 is 22.4 Å². The van der Waals surface area contributed by atoms with E-state index in [2.05, 4.69) is 15.8 Å². The van der Waals surface area contributed by atoms with Crippen LogP contribution >= 0.6 is 0 Å². The number of hydrogen-bond acceptors (Lipinski definition) is 6. The first kappa shape index (κ1) is 23.1. The monoisotopic (exact) mass is 478 g/mol. The van der Waals surface area contributed by atoms with Gasteiger partial charge in [-0.05, 0) is 47.2 Å². The summed E-state index contributed by atoms with van der Waals surface area (Å²) in [7, 11) is 0. The van der Waals surface area contributed by atoms with E-state index < -0.39 is 0 Å². The zero-order chi connectivity index (χ0) is 25.1. The molecule has 1 aliphatic heterocycles. The van der Waals surface area contributed by atoms with E-state index in [4.69, 9.17) is 11.7 Å². The predicted octanol–water partition coefficient (Wildman–Crippen LogP) is 3.69. The van der Waals surface area contributed by atoms with Gasteiger partial charge in [0.15, 0.2) is 5.84 Å². The fourth-order valence-corrected chi connectivity index (χ4v) is 4.55. The third kappa shape index (κ3) is 4.25. The average molecular weight is 479 g/mol. The molecule has 0 bridgehead atoms. The molecule has 6 N–H and O–H groups in total. The summed E-state index contributed by atoms with van der Waals surface area (Å²) in [6.07, 6.45) is 0.638. The number of anilines is 1. The number of carbonyl (C=O) groups excluding carboxylic acids is 2. The van der Waals surface area contributed by atoms with E-state index in [-0.39, 0.29) is 11.8 Å². The van der Waals surface area contributed by atoms with Crippen molar-refractivity contribution in [1.29, 1.82) is 0 Å². The lowest BCUT2D eigenvalue weighted by Gasteiger charge is -2.27. The van der Waals surface area contributed by atoms with Gasteiger partial charge in [-0.3, -0.25) is 14.5 Å². The molecule has 0 aliphatic carbocycles. The largest absolute Gasteiger partial charge is 0.385 e. The van der Waals surface area contributed by atoms with E-state index in [1.165, 1.54) is 4.90 Å². The van der Waals surface area contributed by atoms with Crippen LogP contribution in [0.3, 0.4) is 0 Å². The quantitative estimate of drug-likeness (QED) is 0.0802. The highest BCUT2D eigenvalue weighted by Crippen LogP contribution is 2.30. The summed E-state index contributed by atoms with van der Waals surface area (Å²) in [6.45, 7) is 0.982. The summed E-state index contributed by atoms with van der Waals surface area (Å²) in [5.41, 5.74) is 7.53. The van der Waals surface area contributed by atoms with Crippen molar-refractivity contribution in [2.45, 2.75) is 6.42 Å². The van der Waals surface area contributed by atoms with Crippen molar-refractivity contribution in [1.82, 2.24) is 10.3 Å². The van der Waals surface area contributed by atoms with E-state index in [0.717, 1.165) is 33.2 Å². The number of nitrogens with two attached hydrogens (primary N) is 2. The molecule has 0 aromatic heterocycles. The lowest BCUT2D eigenvalue weighted by Crippen LogP contribution is -2.41. The molecule has 0 unspecified atom stereocenters. The minimum Gasteiger partial charge on any atom is -0.385 e. The molecule has 180 valence electrons. The first-order chi connectivity index (χ1) is 17.6. The van der Waals surface area contributed by atoms with Gasteiger partial charge in [-0.1, -0.05) is 60.7 Å². The second-order valence-electron chi connectivity index (χ2n) is 8.53. The van der Waals surface area contributed by atoms with Gasteiger partial charge in [0.2, 0.25) is 0 Å². The summed E-state index contributed by atoms with van der Waals surface area (Å²) in [5, 5.41) is 8.65. The SMILES string of the molecule is N/N=C(\NN)c1ccc(-c2ccc(NCCCN3C(=O)c4cccc5cccc(c45)C3=O)cc2)cc1. The number of amides is 2. The third-order valence-electron chi connectivity index (χ3n) is 6.39. The zero-order valence-corrected chi connectivity index (χ0v) is 19.6. The van der Waals surface area contributed by atoms with Gasteiger partial charge in [-0.2, -0.15) is 5.10 Å². The molecule has 2 amide bonds. The molecule has 4 aromatic rings. The van der Waals surface area contributed by atoms with Crippen LogP contribution in [0.15, 0.2) is 90.0 Å². The highest BCUT2D eigenvalue weighted by atomic mass is 16.2. The number of imide groups is 1. The van der Waals surface area contributed by atoms with E-state index in [1.54, 1.807) is 12.1 Å². The summed E-state index contributed by atoms with van der Waals surface area (Å²) >= 11 is 0. The van der Waals surface area contributed by atoms with Gasteiger partial charge in [-0.25, -0.2) is 5.84 Å². The smallest absolute Gasteiger partial charge is 0.261 e. The van der Waals surface area contributed by atoms with Crippen molar-refractivity contribution in [3.05, 3.63) is 102 Å². The fraction of sp³-hybridized carbons (Fsp3) is 0.107. The standard InChI is InChI=1S/C28H26N6O2/c29-32-26(33-30)21-10-8-18(9-11-21)19-12-14-22(15-13-19)31-16-3-17-34-27(35)23-6-1-4-20-5-2-7-24(25(20)23)28(34)36/h1-2,4-15,31H,3,16-17,29-30H2,(H,32,33). The molecule has 0 saturated carbocycles. The lowest BCUT2D eigenvalue weighted by molar-refractivity contribution is 0.0610. The maximum Gasteiger partial charge on any atom is 0.261 e. The van der Waals surface area contributed by atoms with Crippen molar-refractivity contribution < 1.29 is 9.59 Å². The van der Waals surface area contributed by atoms with Gasteiger partial charge < -0.3 is 16.6 Å². The predicted molar refractivity (Wildman–Crippen MR) is 142 cm³/mol. The molecule has 0 radical (unpaired) electrons. The van der Waals surface area contributed by atoms with Crippen LogP contribution in [0, 0.1) is 0 Å². The molecule has 5 rings (SSSR count). The number of hydrazine groups is 1. The Kier molecular flexibility index (Phi) is 6.34. The van der Waals surface area contributed by atoms with Crippen molar-refractivity contribution in [3.8, 4) is 11.1 Å². The molecule has 36 heavy (non-hydrogen) atoms. The van der Waals surface area contributed by atoms with E-state index in [9.17, 15) is 9.59 Å². The van der Waals surface area contributed by atoms with Crippen LogP contribution in [-0.2, 0) is 0 Å². The number of hydrazone groups is 1. The summed E-state index contributed by atoms with van der Waals surface area (Å²) in [5.74, 6) is 10.7. The highest BCUT2D eigenvalue weighted by Gasteiger charge is 2.32. The third-order valence-corrected chi connectivity index (χ3v) is 6.39. The van der Waals surface area contributed by atoms with Crippen molar-refractivity contribution in [2.24, 2.45) is 16.8 Å². The van der Waals surface area contributed by atoms with Gasteiger partial charge in [-0.15, -0.1) is 0 Å². The Hall–Kier alpha value is -4.69. The van der Waals surface area contributed by atoms with Crippen molar-refractivity contribution in [3.63, 3.8) is 0 Å². The molecule has 1 heterocycles. The Bertz CT molecular complexity index is 1410. The Labute approximate surface area is 208 Å². The number of carbonyl (C=O) groups is 2. The Morgan fingerprint density at radius 2 is 1.39 bits per heavy atom. The van der Waals surface area contributed by atoms with E-state index >= 15 is 0 Å². The Balaban J connectivity index is 1.18. The molecule has 0 atom stereocenters. The lowest BCUT2D eigenvalue weighted by atomic mass is 9.94. The van der Waals surface area contributed by atoms with Crippen LogP contribution in [0.4, 0.5) is 5.69 Å². The molecule has 0 spiro atoms. The van der Waals surface area contributed by atoms with Crippen LogP contribution in [0.5, 0.6) is 0 Å². The second-order valence-corrected chi connectivity index (χ2v) is 8.53. The number of nitrogens with one attached hydrogen (secondary N) is 2. The van der Waals surface area contributed by atoms with Crippen molar-refractivity contribution >= 4 is 34.1 Å². The first-order valence-corrected chi connectivity index (χ1v) is 11.7. The molecular weight excluding hydrogens is 452 g/mol. The molecule has 8 heteroatoms. The van der Waals surface area contributed by atoms with E-state index in [0.29, 0.717) is 36.5 Å². The number of benzene rings is 4. The van der Waals surface area contributed by atoms with Crippen LogP contribution in [0.2, 0.25) is 0 Å². The minimum absolute atomic E-state index is 0.230. The maximum absolute atomic E-state index is 13.0. The minimum atomic E-state index is -0.230. The molecule has 0 fully saturated rings. The van der Waals surface area contributed by atoms with Crippen LogP contribution in [0.25, 0.3) is 21.9 Å². The first-order valence-electron chi connectivity index (χ1n) is 11.7. The molecule has 4 aromatic carbocycles. The fourth-order valence-electron chi connectivity index (χ4n) is 4.55. The van der Waals surface area contributed by atoms with Gasteiger partial charge in [0.05, 0.1) is 0 Å². The van der Waals surface area contributed by atoms with Gasteiger partial charge in [0.1, 0.15) is 0 Å². The Morgan fingerprint density at radius 1 is 0.806 bits per heavy atom. The summed E-state index contributed by atoms with van der Waals surface area (Å²) < 4.78 is 0. The van der Waals surface area contributed by atoms with Crippen LogP contribution in [-0.4, -0.2) is 35.6 Å². The molecule has 0 saturated heterocycles. The zero-order valence-electron chi connectivity index (χ0n) is 19.6. The van der Waals surface area contributed by atoms with Crippen molar-refractivity contribution in [2.75, 3.05) is 18.4 Å². The van der Waals surface area contributed by atoms with Gasteiger partial charge in [0, 0.05) is 40.9 Å². The van der Waals surface area contributed by atoms with Gasteiger partial charge >= 0.3 is 0 Å². The number of hydrogen-bond donors (Lipinski definition) is 4. The van der Waals surface area contributed by atoms with Gasteiger partial charge in [0.25, 0.3) is 11.8 Å². The summed E-state index contributed by atoms with van der Waals surface area (Å²) in [4.78, 5) is 27.4. The topological polar surface area (TPSA) is 126 Å². The molecular formula is C28H26N6O2. The number of amidine groups is 1. The second kappa shape index (κ2) is 9.89. The number of rotatable bonds is 7. The van der Waals surface area contributed by atoms with Crippen LogP contribution in [0.1, 0.15) is 32.7 Å². The Morgan fingerprint density at radius 3 is 1.94 bits per heavy atom. The summed E-state index contributed by atoms with van der Waals surface area (Å²) in [6, 6.07) is 27.0. The molecule has 1 aliphatic rings. The number of nitrogens with zero attached hydrogens (tertiary/aromatic N) is 2.